The van der Waals surface area contributed by atoms with Crippen molar-refractivity contribution < 1.29 is 12.8 Å². The molecule has 4 nitrogen and oxygen atoms in total. The van der Waals surface area contributed by atoms with Gasteiger partial charge in [0.15, 0.2) is 0 Å². The Labute approximate surface area is 121 Å². The molecule has 0 radical (unpaired) electrons. The summed E-state index contributed by atoms with van der Waals surface area (Å²) < 4.78 is 40.5. The predicted molar refractivity (Wildman–Crippen MR) is 77.3 cm³/mol. The molecule has 0 aliphatic carbocycles. The van der Waals surface area contributed by atoms with Crippen molar-refractivity contribution in [3.05, 3.63) is 52.0 Å². The molecule has 1 atom stereocenters. The fraction of sp³-hybridized carbons (Fsp3) is 0.231. The Bertz CT molecular complexity index is 698. The molecule has 0 fully saturated rings. The molecule has 20 heavy (non-hydrogen) atoms. The highest BCUT2D eigenvalue weighted by Crippen LogP contribution is 2.22. The zero-order valence-corrected chi connectivity index (χ0v) is 12.5. The summed E-state index contributed by atoms with van der Waals surface area (Å²) in [5.74, 6) is -0.435. The number of benzene rings is 1. The van der Waals surface area contributed by atoms with Crippen molar-refractivity contribution in [2.24, 2.45) is 5.73 Å². The molecular weight excluding hydrogens is 299 g/mol. The maximum atomic E-state index is 13.6. The van der Waals surface area contributed by atoms with E-state index in [2.05, 4.69) is 4.72 Å². The molecule has 7 heteroatoms. The van der Waals surface area contributed by atoms with Gasteiger partial charge >= 0.3 is 0 Å². The summed E-state index contributed by atoms with van der Waals surface area (Å²) in [6.07, 6.45) is 0. The third-order valence-corrected chi connectivity index (χ3v) is 5.47. The minimum Gasteiger partial charge on any atom is -0.326 e. The normalized spacial score (nSPS) is 13.3. The zero-order valence-electron chi connectivity index (χ0n) is 10.8. The molecule has 0 aliphatic heterocycles. The number of hydrogen-bond donors (Lipinski definition) is 2. The van der Waals surface area contributed by atoms with Crippen LogP contribution in [0.25, 0.3) is 0 Å². The van der Waals surface area contributed by atoms with Gasteiger partial charge in [0.25, 0.3) is 0 Å². The Kier molecular flexibility index (Phi) is 4.54. The first-order chi connectivity index (χ1) is 9.44. The molecular formula is C13H15FN2O2S2. The number of sulfonamides is 1. The number of nitrogens with one attached hydrogen (secondary N) is 1. The predicted octanol–water partition coefficient (Wildman–Crippen LogP) is 2.39. The Balaban J connectivity index is 2.22. The molecule has 2 rings (SSSR count). The Morgan fingerprint density at radius 2 is 2.10 bits per heavy atom. The quantitative estimate of drug-likeness (QED) is 0.890. The van der Waals surface area contributed by atoms with E-state index < -0.39 is 21.9 Å². The molecule has 0 spiro atoms. The van der Waals surface area contributed by atoms with E-state index in [0.717, 1.165) is 4.88 Å². The smallest absolute Gasteiger partial charge is 0.241 e. The first kappa shape index (κ1) is 15.1. The van der Waals surface area contributed by atoms with Gasteiger partial charge in [0.2, 0.25) is 10.0 Å². The first-order valence-corrected chi connectivity index (χ1v) is 8.34. The Hall–Kier alpha value is -1.28. The molecule has 1 aromatic heterocycles. The lowest BCUT2D eigenvalue weighted by Gasteiger charge is -2.14. The fourth-order valence-corrected chi connectivity index (χ4v) is 4.18. The summed E-state index contributed by atoms with van der Waals surface area (Å²) in [5.41, 5.74) is 5.77. The van der Waals surface area contributed by atoms with Crippen LogP contribution in [0.2, 0.25) is 0 Å². The largest absolute Gasteiger partial charge is 0.326 e. The summed E-state index contributed by atoms with van der Waals surface area (Å²) in [6, 6.07) is 6.97. The molecule has 0 saturated heterocycles. The van der Waals surface area contributed by atoms with Crippen molar-refractivity contribution in [3.8, 4) is 0 Å². The second-order valence-corrected chi connectivity index (χ2v) is 7.03. The van der Waals surface area contributed by atoms with Gasteiger partial charge in [0.05, 0.1) is 4.90 Å². The van der Waals surface area contributed by atoms with Crippen LogP contribution in [-0.4, -0.2) is 8.42 Å². The van der Waals surface area contributed by atoms with E-state index >= 15 is 0 Å². The van der Waals surface area contributed by atoms with Crippen LogP contribution in [0.3, 0.4) is 0 Å². The molecule has 3 N–H and O–H groups in total. The Morgan fingerprint density at radius 1 is 1.40 bits per heavy atom. The van der Waals surface area contributed by atoms with Crippen molar-refractivity contribution in [1.29, 1.82) is 0 Å². The molecule has 2 aromatic rings. The van der Waals surface area contributed by atoms with E-state index in [1.807, 2.05) is 0 Å². The molecule has 1 heterocycles. The number of rotatable bonds is 5. The van der Waals surface area contributed by atoms with Crippen LogP contribution in [-0.2, 0) is 16.6 Å². The van der Waals surface area contributed by atoms with E-state index in [1.54, 1.807) is 25.1 Å². The third kappa shape index (κ3) is 3.24. The highest BCUT2D eigenvalue weighted by atomic mass is 32.2. The number of nitrogens with two attached hydrogens (primary N) is 1. The van der Waals surface area contributed by atoms with E-state index in [4.69, 9.17) is 5.73 Å². The first-order valence-electron chi connectivity index (χ1n) is 5.98. The van der Waals surface area contributed by atoms with E-state index in [0.29, 0.717) is 12.1 Å². The monoisotopic (exact) mass is 314 g/mol. The van der Waals surface area contributed by atoms with Gasteiger partial charge in [0.1, 0.15) is 5.82 Å². The SMILES string of the molecule is CC(NS(=O)(=O)c1csc(CN)c1)c1ccccc1F. The van der Waals surface area contributed by atoms with Gasteiger partial charge in [-0.25, -0.2) is 17.5 Å². The van der Waals surface area contributed by atoms with Crippen molar-refractivity contribution in [2.45, 2.75) is 24.4 Å². The summed E-state index contributed by atoms with van der Waals surface area (Å²) in [7, 11) is -3.68. The van der Waals surface area contributed by atoms with Gasteiger partial charge in [-0.1, -0.05) is 18.2 Å². The average molecular weight is 314 g/mol. The Morgan fingerprint density at radius 3 is 2.70 bits per heavy atom. The minimum atomic E-state index is -3.68. The number of hydrogen-bond acceptors (Lipinski definition) is 4. The highest BCUT2D eigenvalue weighted by Gasteiger charge is 2.21. The van der Waals surface area contributed by atoms with Gasteiger partial charge < -0.3 is 5.73 Å². The topological polar surface area (TPSA) is 72.2 Å². The van der Waals surface area contributed by atoms with Crippen LogP contribution in [0.5, 0.6) is 0 Å². The molecule has 108 valence electrons. The van der Waals surface area contributed by atoms with Gasteiger partial charge in [0, 0.05) is 28.4 Å². The average Bonchev–Trinajstić information content (AvgIpc) is 2.88. The second-order valence-electron chi connectivity index (χ2n) is 4.32. The summed E-state index contributed by atoms with van der Waals surface area (Å²) in [5, 5.41) is 1.53. The van der Waals surface area contributed by atoms with Crippen molar-refractivity contribution in [3.63, 3.8) is 0 Å². The fourth-order valence-electron chi connectivity index (χ4n) is 1.80. The van der Waals surface area contributed by atoms with Crippen molar-refractivity contribution >= 4 is 21.4 Å². The number of halogens is 1. The molecule has 0 aliphatic rings. The van der Waals surface area contributed by atoms with Gasteiger partial charge in [-0.15, -0.1) is 11.3 Å². The van der Waals surface area contributed by atoms with Crippen LogP contribution in [0.1, 0.15) is 23.4 Å². The third-order valence-electron chi connectivity index (χ3n) is 2.84. The van der Waals surface area contributed by atoms with Crippen molar-refractivity contribution in [2.75, 3.05) is 0 Å². The van der Waals surface area contributed by atoms with Crippen LogP contribution < -0.4 is 10.5 Å². The highest BCUT2D eigenvalue weighted by molar-refractivity contribution is 7.89. The van der Waals surface area contributed by atoms with Crippen LogP contribution in [0, 0.1) is 5.82 Å². The van der Waals surface area contributed by atoms with E-state index in [1.165, 1.54) is 28.8 Å². The zero-order chi connectivity index (χ0) is 14.8. The lowest BCUT2D eigenvalue weighted by atomic mass is 10.1. The van der Waals surface area contributed by atoms with Gasteiger partial charge in [-0.05, 0) is 19.1 Å². The molecule has 1 unspecified atom stereocenters. The van der Waals surface area contributed by atoms with Crippen LogP contribution >= 0.6 is 11.3 Å². The standard InChI is InChI=1S/C13H15FN2O2S2/c1-9(12-4-2-3-5-13(12)14)16-20(17,18)11-6-10(7-15)19-8-11/h2-6,8-9,16H,7,15H2,1H3. The summed E-state index contributed by atoms with van der Waals surface area (Å²) in [6.45, 7) is 1.90. The lowest BCUT2D eigenvalue weighted by molar-refractivity contribution is 0.550. The molecule has 0 bridgehead atoms. The van der Waals surface area contributed by atoms with Crippen LogP contribution in [0.4, 0.5) is 4.39 Å². The second kappa shape index (κ2) is 6.01. The van der Waals surface area contributed by atoms with Gasteiger partial charge in [-0.2, -0.15) is 0 Å². The molecule has 1 aromatic carbocycles. The maximum Gasteiger partial charge on any atom is 0.241 e. The van der Waals surface area contributed by atoms with E-state index in [-0.39, 0.29) is 4.90 Å². The van der Waals surface area contributed by atoms with E-state index in [9.17, 15) is 12.8 Å². The number of thiophene rings is 1. The molecule has 0 amide bonds. The van der Waals surface area contributed by atoms with Crippen molar-refractivity contribution in [1.82, 2.24) is 4.72 Å². The maximum absolute atomic E-state index is 13.6. The minimum absolute atomic E-state index is 0.158. The summed E-state index contributed by atoms with van der Waals surface area (Å²) in [4.78, 5) is 0.940. The summed E-state index contributed by atoms with van der Waals surface area (Å²) >= 11 is 1.28. The lowest BCUT2D eigenvalue weighted by Crippen LogP contribution is -2.27. The molecule has 0 saturated carbocycles. The van der Waals surface area contributed by atoms with Gasteiger partial charge in [-0.3, -0.25) is 0 Å². The van der Waals surface area contributed by atoms with Crippen LogP contribution in [0.15, 0.2) is 40.6 Å².